The molecule has 0 aliphatic carbocycles. The standard InChI is InChI=1S/C10H8BN2O6/c14-5-1-7(9(16)12-3-5)18-11-19-8-2-6(15)4-13-10(8)17/h1-4,14-15H,(H,12,16)(H,13,17). The van der Waals surface area contributed by atoms with Crippen LogP contribution >= 0.6 is 0 Å². The van der Waals surface area contributed by atoms with Crippen LogP contribution in [0.4, 0.5) is 0 Å². The minimum Gasteiger partial charge on any atom is -0.522 e. The van der Waals surface area contributed by atoms with Crippen molar-refractivity contribution in [3.63, 3.8) is 0 Å². The first-order chi connectivity index (χ1) is 9.06. The predicted molar refractivity (Wildman–Crippen MR) is 64.5 cm³/mol. The van der Waals surface area contributed by atoms with Gasteiger partial charge < -0.3 is 29.5 Å². The second kappa shape index (κ2) is 5.21. The van der Waals surface area contributed by atoms with Gasteiger partial charge in [0.2, 0.25) is 0 Å². The molecule has 2 aromatic rings. The predicted octanol–water partition coefficient (Wildman–Crippen LogP) is -0.534. The lowest BCUT2D eigenvalue weighted by molar-refractivity contribution is 0.433. The third-order valence-electron chi connectivity index (χ3n) is 2.06. The summed E-state index contributed by atoms with van der Waals surface area (Å²) < 4.78 is 9.66. The van der Waals surface area contributed by atoms with Crippen LogP contribution < -0.4 is 20.4 Å². The van der Waals surface area contributed by atoms with Gasteiger partial charge in [0.15, 0.2) is 11.5 Å². The monoisotopic (exact) mass is 263 g/mol. The molecule has 0 fully saturated rings. The highest BCUT2D eigenvalue weighted by Crippen LogP contribution is 2.13. The number of hydrogen-bond donors (Lipinski definition) is 4. The summed E-state index contributed by atoms with van der Waals surface area (Å²) >= 11 is 0. The maximum absolute atomic E-state index is 11.3. The van der Waals surface area contributed by atoms with Crippen molar-refractivity contribution < 1.29 is 19.5 Å². The molecule has 97 valence electrons. The molecular weight excluding hydrogens is 255 g/mol. The van der Waals surface area contributed by atoms with Gasteiger partial charge in [-0.25, -0.2) is 0 Å². The molecule has 0 aliphatic rings. The lowest BCUT2D eigenvalue weighted by Gasteiger charge is -2.05. The summed E-state index contributed by atoms with van der Waals surface area (Å²) in [5.74, 6) is -0.815. The molecule has 0 aliphatic heterocycles. The van der Waals surface area contributed by atoms with Crippen LogP contribution in [-0.4, -0.2) is 27.9 Å². The number of aromatic hydroxyl groups is 2. The van der Waals surface area contributed by atoms with Crippen molar-refractivity contribution in [2.75, 3.05) is 0 Å². The van der Waals surface area contributed by atoms with Crippen molar-refractivity contribution in [3.8, 4) is 23.0 Å². The molecule has 0 saturated carbocycles. The molecule has 1 radical (unpaired) electrons. The molecule has 8 nitrogen and oxygen atoms in total. The van der Waals surface area contributed by atoms with E-state index in [0.29, 0.717) is 0 Å². The van der Waals surface area contributed by atoms with Crippen LogP contribution in [0.15, 0.2) is 34.1 Å². The number of aromatic nitrogens is 2. The first kappa shape index (κ1) is 12.6. The van der Waals surface area contributed by atoms with E-state index in [1.54, 1.807) is 0 Å². The fraction of sp³-hybridized carbons (Fsp3) is 0. The highest BCUT2D eigenvalue weighted by molar-refractivity contribution is 6.20. The number of rotatable bonds is 4. The van der Waals surface area contributed by atoms with Crippen molar-refractivity contribution >= 4 is 7.69 Å². The molecule has 0 atom stereocenters. The second-order valence-corrected chi connectivity index (χ2v) is 3.43. The fourth-order valence-electron chi connectivity index (χ4n) is 1.21. The average molecular weight is 263 g/mol. The third kappa shape index (κ3) is 3.09. The van der Waals surface area contributed by atoms with Crippen molar-refractivity contribution in [1.29, 1.82) is 0 Å². The number of aromatic amines is 2. The summed E-state index contributed by atoms with van der Waals surface area (Å²) in [6, 6.07) is 2.15. The van der Waals surface area contributed by atoms with Gasteiger partial charge >= 0.3 is 7.69 Å². The number of nitrogens with one attached hydrogen (secondary N) is 2. The van der Waals surface area contributed by atoms with E-state index in [2.05, 4.69) is 9.97 Å². The maximum atomic E-state index is 11.3. The molecule has 0 saturated heterocycles. The summed E-state index contributed by atoms with van der Waals surface area (Å²) in [5.41, 5.74) is -1.16. The fourth-order valence-corrected chi connectivity index (χ4v) is 1.21. The van der Waals surface area contributed by atoms with Gasteiger partial charge in [0, 0.05) is 24.5 Å². The first-order valence-corrected chi connectivity index (χ1v) is 5.04. The quantitative estimate of drug-likeness (QED) is 0.549. The van der Waals surface area contributed by atoms with Gasteiger partial charge in [-0.2, -0.15) is 0 Å². The summed E-state index contributed by atoms with van der Waals surface area (Å²) in [6.45, 7) is 0. The second-order valence-electron chi connectivity index (χ2n) is 3.43. The molecule has 0 aromatic carbocycles. The molecule has 9 heteroatoms. The van der Waals surface area contributed by atoms with Crippen molar-refractivity contribution in [1.82, 2.24) is 9.97 Å². The van der Waals surface area contributed by atoms with Crippen LogP contribution in [0.2, 0.25) is 0 Å². The largest absolute Gasteiger partial charge is 0.658 e. The smallest absolute Gasteiger partial charge is 0.522 e. The summed E-state index contributed by atoms with van der Waals surface area (Å²) in [6.07, 6.45) is 2.19. The highest BCUT2D eigenvalue weighted by Gasteiger charge is 2.09. The Labute approximate surface area is 106 Å². The van der Waals surface area contributed by atoms with E-state index in [1.807, 2.05) is 0 Å². The highest BCUT2D eigenvalue weighted by atomic mass is 16.6. The van der Waals surface area contributed by atoms with Crippen LogP contribution in [0.5, 0.6) is 23.0 Å². The number of hydrogen-bond acceptors (Lipinski definition) is 6. The normalized spacial score (nSPS) is 9.89. The Morgan fingerprint density at radius 2 is 1.32 bits per heavy atom. The van der Waals surface area contributed by atoms with Crippen LogP contribution in [0.25, 0.3) is 0 Å². The van der Waals surface area contributed by atoms with Crippen molar-refractivity contribution in [2.45, 2.75) is 0 Å². The maximum Gasteiger partial charge on any atom is 0.658 e. The van der Waals surface area contributed by atoms with E-state index < -0.39 is 11.1 Å². The third-order valence-corrected chi connectivity index (χ3v) is 2.06. The molecule has 0 spiro atoms. The van der Waals surface area contributed by atoms with E-state index in [9.17, 15) is 9.59 Å². The summed E-state index contributed by atoms with van der Waals surface area (Å²) in [4.78, 5) is 27.0. The Hall–Kier alpha value is -2.84. The molecule has 19 heavy (non-hydrogen) atoms. The van der Waals surface area contributed by atoms with Gasteiger partial charge in [-0.15, -0.1) is 0 Å². The zero-order valence-corrected chi connectivity index (χ0v) is 9.41. The zero-order chi connectivity index (χ0) is 13.8. The van der Waals surface area contributed by atoms with Crippen LogP contribution in [0.3, 0.4) is 0 Å². The van der Waals surface area contributed by atoms with E-state index >= 15 is 0 Å². The van der Waals surface area contributed by atoms with Crippen LogP contribution in [-0.2, 0) is 0 Å². The molecule has 0 unspecified atom stereocenters. The minimum absolute atomic E-state index is 0.196. The molecule has 0 amide bonds. The van der Waals surface area contributed by atoms with Crippen molar-refractivity contribution in [2.24, 2.45) is 0 Å². The molecule has 0 bridgehead atoms. The SMILES string of the molecule is O=c1[nH]cc(O)cc1O[B]Oc1cc(O)c[nH]c1=O. The van der Waals surface area contributed by atoms with Gasteiger partial charge in [0.1, 0.15) is 11.5 Å². The Morgan fingerprint density at radius 1 is 0.895 bits per heavy atom. The van der Waals surface area contributed by atoms with E-state index in [-0.39, 0.29) is 23.0 Å². The summed E-state index contributed by atoms with van der Waals surface area (Å²) in [7, 11) is 0.730. The van der Waals surface area contributed by atoms with Gasteiger partial charge in [-0.05, 0) is 0 Å². The molecular formula is C10H8BN2O6. The van der Waals surface area contributed by atoms with Gasteiger partial charge in [0.25, 0.3) is 11.1 Å². The lowest BCUT2D eigenvalue weighted by atomic mass is 10.3. The Kier molecular flexibility index (Phi) is 3.46. The number of pyridine rings is 2. The average Bonchev–Trinajstić information content (AvgIpc) is 2.38. The minimum atomic E-state index is -0.581. The Balaban J connectivity index is 2.04. The van der Waals surface area contributed by atoms with E-state index in [4.69, 9.17) is 19.5 Å². The number of H-pyrrole nitrogens is 2. The Bertz CT molecular complexity index is 635. The van der Waals surface area contributed by atoms with E-state index in [1.165, 1.54) is 0 Å². The van der Waals surface area contributed by atoms with Crippen LogP contribution in [0, 0.1) is 0 Å². The molecule has 2 heterocycles. The van der Waals surface area contributed by atoms with E-state index in [0.717, 1.165) is 32.2 Å². The van der Waals surface area contributed by atoms with Crippen molar-refractivity contribution in [3.05, 3.63) is 45.2 Å². The molecule has 4 N–H and O–H groups in total. The Morgan fingerprint density at radius 3 is 1.74 bits per heavy atom. The molecule has 2 rings (SSSR count). The molecule has 2 aromatic heterocycles. The first-order valence-electron chi connectivity index (χ1n) is 5.04. The van der Waals surface area contributed by atoms with Crippen LogP contribution in [0.1, 0.15) is 0 Å². The topological polar surface area (TPSA) is 125 Å². The van der Waals surface area contributed by atoms with Gasteiger partial charge in [0.05, 0.1) is 0 Å². The summed E-state index contributed by atoms with van der Waals surface area (Å²) in [5, 5.41) is 18.3. The van der Waals surface area contributed by atoms with Gasteiger partial charge in [-0.1, -0.05) is 0 Å². The zero-order valence-electron chi connectivity index (χ0n) is 9.41. The van der Waals surface area contributed by atoms with Gasteiger partial charge in [-0.3, -0.25) is 9.59 Å². The lowest BCUT2D eigenvalue weighted by Crippen LogP contribution is -2.20.